The van der Waals surface area contributed by atoms with Crippen molar-refractivity contribution in [3.63, 3.8) is 0 Å². The van der Waals surface area contributed by atoms with Crippen molar-refractivity contribution in [2.75, 3.05) is 6.61 Å². The summed E-state index contributed by atoms with van der Waals surface area (Å²) in [7, 11) is 0. The van der Waals surface area contributed by atoms with Crippen LogP contribution < -0.4 is 0 Å². The number of hydrogen-bond acceptors (Lipinski definition) is 2. The molecule has 0 aromatic carbocycles. The van der Waals surface area contributed by atoms with Crippen molar-refractivity contribution in [3.8, 4) is 0 Å². The summed E-state index contributed by atoms with van der Waals surface area (Å²) >= 11 is 0. The summed E-state index contributed by atoms with van der Waals surface area (Å²) in [6, 6.07) is 0. The minimum atomic E-state index is -0.278. The van der Waals surface area contributed by atoms with Gasteiger partial charge in [0.2, 0.25) is 0 Å². The Morgan fingerprint density at radius 2 is 2.78 bits per heavy atom. The van der Waals surface area contributed by atoms with Gasteiger partial charge in [0.25, 0.3) is 0 Å². The van der Waals surface area contributed by atoms with E-state index in [1.807, 2.05) is 13.0 Å². The number of ether oxygens (including phenoxy) is 1. The lowest BCUT2D eigenvalue weighted by molar-refractivity contribution is -0.00475. The molecule has 2 rings (SSSR count). The van der Waals surface area contributed by atoms with Crippen LogP contribution in [0.15, 0.2) is 11.6 Å². The van der Waals surface area contributed by atoms with Crippen molar-refractivity contribution in [2.45, 2.75) is 25.0 Å². The first kappa shape index (κ1) is 5.45. The minimum Gasteiger partial charge on any atom is -0.393 e. The Hall–Kier alpha value is -0.340. The van der Waals surface area contributed by atoms with Gasteiger partial charge in [-0.3, -0.25) is 0 Å². The van der Waals surface area contributed by atoms with E-state index < -0.39 is 0 Å². The molecular formula is C7H10O2. The molecule has 1 fully saturated rings. The summed E-state index contributed by atoms with van der Waals surface area (Å²) in [5.74, 6) is 0. The first-order valence-corrected chi connectivity index (χ1v) is 3.28. The third kappa shape index (κ3) is 0.575. The van der Waals surface area contributed by atoms with Crippen LogP contribution >= 0.6 is 0 Å². The van der Waals surface area contributed by atoms with Gasteiger partial charge in [0.15, 0.2) is 0 Å². The number of aliphatic hydroxyl groups is 1. The van der Waals surface area contributed by atoms with Crippen molar-refractivity contribution < 1.29 is 9.84 Å². The maximum absolute atomic E-state index is 8.81. The van der Waals surface area contributed by atoms with Gasteiger partial charge in [0, 0.05) is 0 Å². The molecule has 50 valence electrons. The van der Waals surface area contributed by atoms with Gasteiger partial charge in [0.05, 0.1) is 12.7 Å². The molecule has 1 saturated heterocycles. The van der Waals surface area contributed by atoms with Crippen LogP contribution in [-0.4, -0.2) is 23.4 Å². The third-order valence-electron chi connectivity index (χ3n) is 2.02. The second-order valence-corrected chi connectivity index (χ2v) is 2.85. The van der Waals surface area contributed by atoms with E-state index in [0.717, 1.165) is 6.42 Å². The normalized spacial score (nSPS) is 46.4. The van der Waals surface area contributed by atoms with Gasteiger partial charge >= 0.3 is 0 Å². The molecule has 2 atom stereocenters. The highest BCUT2D eigenvalue weighted by Crippen LogP contribution is 2.48. The monoisotopic (exact) mass is 126 g/mol. The van der Waals surface area contributed by atoms with Gasteiger partial charge in [-0.1, -0.05) is 0 Å². The van der Waals surface area contributed by atoms with Crippen molar-refractivity contribution in [2.24, 2.45) is 0 Å². The lowest BCUT2D eigenvalue weighted by atomic mass is 10.2. The molecule has 0 saturated carbocycles. The molecular weight excluding hydrogens is 116 g/mol. The van der Waals surface area contributed by atoms with Crippen molar-refractivity contribution in [1.29, 1.82) is 0 Å². The SMILES string of the molecule is C[C@H]1CC2=C[C@@]2(CO)O1. The summed E-state index contributed by atoms with van der Waals surface area (Å²) in [4.78, 5) is 0. The largest absolute Gasteiger partial charge is 0.393 e. The molecule has 1 aliphatic carbocycles. The van der Waals surface area contributed by atoms with Crippen LogP contribution in [0.3, 0.4) is 0 Å². The first-order chi connectivity index (χ1) is 4.27. The number of hydrogen-bond donors (Lipinski definition) is 1. The minimum absolute atomic E-state index is 0.132. The van der Waals surface area contributed by atoms with Gasteiger partial charge < -0.3 is 9.84 Å². The van der Waals surface area contributed by atoms with Gasteiger partial charge in [-0.05, 0) is 25.0 Å². The Kier molecular flexibility index (Phi) is 0.838. The van der Waals surface area contributed by atoms with Crippen LogP contribution in [0, 0.1) is 0 Å². The molecule has 1 heterocycles. The Balaban J connectivity index is 2.11. The Morgan fingerprint density at radius 3 is 3.11 bits per heavy atom. The standard InChI is InChI=1S/C7H10O2/c1-5-2-6-3-7(6,4-8)9-5/h3,5,8H,2,4H2,1H3/t5-,7-/m0/s1. The fourth-order valence-corrected chi connectivity index (χ4v) is 1.48. The highest BCUT2D eigenvalue weighted by molar-refractivity contribution is 5.46. The molecule has 0 radical (unpaired) electrons. The van der Waals surface area contributed by atoms with Crippen LogP contribution in [-0.2, 0) is 4.74 Å². The zero-order valence-corrected chi connectivity index (χ0v) is 5.42. The Labute approximate surface area is 54.1 Å². The van der Waals surface area contributed by atoms with Crippen molar-refractivity contribution in [1.82, 2.24) is 0 Å². The highest BCUT2D eigenvalue weighted by Gasteiger charge is 2.51. The summed E-state index contributed by atoms with van der Waals surface area (Å²) in [6.45, 7) is 2.16. The molecule has 1 aliphatic heterocycles. The smallest absolute Gasteiger partial charge is 0.131 e. The lowest BCUT2D eigenvalue weighted by Crippen LogP contribution is -2.21. The topological polar surface area (TPSA) is 29.5 Å². The Morgan fingerprint density at radius 1 is 2.00 bits per heavy atom. The van der Waals surface area contributed by atoms with E-state index in [0.29, 0.717) is 6.10 Å². The number of rotatable bonds is 1. The van der Waals surface area contributed by atoms with E-state index in [1.165, 1.54) is 5.57 Å². The van der Waals surface area contributed by atoms with Crippen molar-refractivity contribution in [3.05, 3.63) is 11.6 Å². The van der Waals surface area contributed by atoms with Crippen molar-refractivity contribution >= 4 is 0 Å². The molecule has 1 N–H and O–H groups in total. The van der Waals surface area contributed by atoms with E-state index >= 15 is 0 Å². The van der Waals surface area contributed by atoms with E-state index in [1.54, 1.807) is 0 Å². The fraction of sp³-hybridized carbons (Fsp3) is 0.714. The van der Waals surface area contributed by atoms with Gasteiger partial charge in [0.1, 0.15) is 5.60 Å². The zero-order chi connectivity index (χ0) is 6.48. The molecule has 2 nitrogen and oxygen atoms in total. The molecule has 9 heavy (non-hydrogen) atoms. The highest BCUT2D eigenvalue weighted by atomic mass is 16.5. The second-order valence-electron chi connectivity index (χ2n) is 2.85. The quantitative estimate of drug-likeness (QED) is 0.517. The van der Waals surface area contributed by atoms with Gasteiger partial charge in [-0.25, -0.2) is 0 Å². The molecule has 0 aromatic rings. The zero-order valence-electron chi connectivity index (χ0n) is 5.42. The molecule has 2 aliphatic rings. The predicted octanol–water partition coefficient (Wildman–Crippen LogP) is 0.466. The van der Waals surface area contributed by atoms with E-state index in [9.17, 15) is 0 Å². The third-order valence-corrected chi connectivity index (χ3v) is 2.02. The number of aliphatic hydroxyl groups excluding tert-OH is 1. The van der Waals surface area contributed by atoms with Crippen LogP contribution in [0.4, 0.5) is 0 Å². The molecule has 0 unspecified atom stereocenters. The van der Waals surface area contributed by atoms with E-state index in [2.05, 4.69) is 0 Å². The molecule has 0 amide bonds. The Bertz CT molecular complexity index is 174. The molecule has 0 bridgehead atoms. The summed E-state index contributed by atoms with van der Waals surface area (Å²) in [5, 5.41) is 8.81. The average Bonchev–Trinajstić information content (AvgIpc) is 2.38. The van der Waals surface area contributed by atoms with E-state index in [-0.39, 0.29) is 12.2 Å². The fourth-order valence-electron chi connectivity index (χ4n) is 1.48. The molecule has 2 heteroatoms. The molecule has 0 spiro atoms. The second kappa shape index (κ2) is 1.39. The maximum Gasteiger partial charge on any atom is 0.131 e. The average molecular weight is 126 g/mol. The lowest BCUT2D eigenvalue weighted by Gasteiger charge is -2.11. The van der Waals surface area contributed by atoms with Crippen LogP contribution in [0.5, 0.6) is 0 Å². The van der Waals surface area contributed by atoms with Gasteiger partial charge in [-0.2, -0.15) is 0 Å². The summed E-state index contributed by atoms with van der Waals surface area (Å²) in [5.41, 5.74) is 1.01. The van der Waals surface area contributed by atoms with Crippen LogP contribution in [0.2, 0.25) is 0 Å². The van der Waals surface area contributed by atoms with Gasteiger partial charge in [-0.15, -0.1) is 0 Å². The van der Waals surface area contributed by atoms with E-state index in [4.69, 9.17) is 9.84 Å². The summed E-state index contributed by atoms with van der Waals surface area (Å²) < 4.78 is 5.43. The van der Waals surface area contributed by atoms with Crippen LogP contribution in [0.25, 0.3) is 0 Å². The molecule has 0 aromatic heterocycles. The number of fused-ring (bicyclic) bond motifs is 1. The van der Waals surface area contributed by atoms with Crippen LogP contribution in [0.1, 0.15) is 13.3 Å². The summed E-state index contributed by atoms with van der Waals surface area (Å²) in [6.07, 6.45) is 3.34. The first-order valence-electron chi connectivity index (χ1n) is 3.28. The predicted molar refractivity (Wildman–Crippen MR) is 33.1 cm³/mol. The maximum atomic E-state index is 8.81.